The Hall–Kier alpha value is -1.65. The van der Waals surface area contributed by atoms with Crippen LogP contribution in [0, 0.1) is 11.6 Å². The Labute approximate surface area is 120 Å². The molecule has 2 aromatic carbocycles. The molecule has 1 heterocycles. The topological polar surface area (TPSA) is 35.2 Å². The molecular weight excluding hydrogens is 284 g/mol. The van der Waals surface area contributed by atoms with Gasteiger partial charge in [0.2, 0.25) is 0 Å². The molecule has 0 aliphatic carbocycles. The van der Waals surface area contributed by atoms with Gasteiger partial charge < -0.3 is 10.5 Å². The summed E-state index contributed by atoms with van der Waals surface area (Å²) in [5.74, 6) is -0.685. The predicted molar refractivity (Wildman–Crippen MR) is 74.0 cm³/mol. The highest BCUT2D eigenvalue weighted by atomic mass is 35.5. The number of fused-ring (bicyclic) bond motifs is 1. The smallest absolute Gasteiger partial charge is 0.134 e. The zero-order valence-corrected chi connectivity index (χ0v) is 11.3. The zero-order valence-electron chi connectivity index (χ0n) is 10.5. The second-order valence-electron chi connectivity index (χ2n) is 4.75. The van der Waals surface area contributed by atoms with E-state index in [1.54, 1.807) is 12.1 Å². The Balaban J connectivity index is 2.15. The Morgan fingerprint density at radius 3 is 2.70 bits per heavy atom. The second kappa shape index (κ2) is 5.04. The molecule has 104 valence electrons. The maximum atomic E-state index is 14.0. The first-order chi connectivity index (χ1) is 9.58. The monoisotopic (exact) mass is 295 g/mol. The summed E-state index contributed by atoms with van der Waals surface area (Å²) in [6.45, 7) is 0.373. The molecule has 0 bridgehead atoms. The van der Waals surface area contributed by atoms with Crippen LogP contribution in [-0.2, 0) is 6.42 Å². The summed E-state index contributed by atoms with van der Waals surface area (Å²) in [7, 11) is 0. The first-order valence-corrected chi connectivity index (χ1v) is 6.61. The summed E-state index contributed by atoms with van der Waals surface area (Å²) in [4.78, 5) is 0. The van der Waals surface area contributed by atoms with Crippen LogP contribution in [0.5, 0.6) is 5.75 Å². The van der Waals surface area contributed by atoms with E-state index in [4.69, 9.17) is 22.1 Å². The van der Waals surface area contributed by atoms with Crippen molar-refractivity contribution in [3.05, 3.63) is 52.6 Å². The second-order valence-corrected chi connectivity index (χ2v) is 5.18. The molecule has 0 saturated carbocycles. The zero-order chi connectivity index (χ0) is 14.3. The Kier molecular flexibility index (Phi) is 3.36. The van der Waals surface area contributed by atoms with Crippen LogP contribution in [0.1, 0.15) is 5.56 Å². The third kappa shape index (κ3) is 2.25. The summed E-state index contributed by atoms with van der Waals surface area (Å²) in [6, 6.07) is 6.85. The van der Waals surface area contributed by atoms with Crippen molar-refractivity contribution in [2.45, 2.75) is 12.5 Å². The van der Waals surface area contributed by atoms with Crippen molar-refractivity contribution in [3.8, 4) is 16.9 Å². The van der Waals surface area contributed by atoms with Crippen LogP contribution >= 0.6 is 11.6 Å². The minimum absolute atomic E-state index is 0.134. The molecule has 3 rings (SSSR count). The van der Waals surface area contributed by atoms with Crippen LogP contribution in [0.4, 0.5) is 8.78 Å². The number of nitrogens with two attached hydrogens (primary N) is 1. The van der Waals surface area contributed by atoms with Crippen LogP contribution in [0.3, 0.4) is 0 Å². The summed E-state index contributed by atoms with van der Waals surface area (Å²) in [5, 5.41) is 0.490. The van der Waals surface area contributed by atoms with E-state index in [1.165, 1.54) is 12.1 Å². The largest absolute Gasteiger partial charge is 0.488 e. The molecular formula is C15H12ClF2NO. The Morgan fingerprint density at radius 2 is 2.00 bits per heavy atom. The average Bonchev–Trinajstić information content (AvgIpc) is 2.81. The lowest BCUT2D eigenvalue weighted by molar-refractivity contribution is 0.242. The summed E-state index contributed by atoms with van der Waals surface area (Å²) in [5.41, 5.74) is 7.30. The number of halogens is 3. The van der Waals surface area contributed by atoms with Crippen molar-refractivity contribution in [1.82, 2.24) is 0 Å². The molecule has 0 amide bonds. The maximum absolute atomic E-state index is 14.0. The van der Waals surface area contributed by atoms with Gasteiger partial charge in [0.25, 0.3) is 0 Å². The minimum Gasteiger partial charge on any atom is -0.488 e. The molecule has 2 aromatic rings. The third-order valence-corrected chi connectivity index (χ3v) is 3.57. The molecule has 20 heavy (non-hydrogen) atoms. The van der Waals surface area contributed by atoms with E-state index < -0.39 is 11.6 Å². The van der Waals surface area contributed by atoms with Gasteiger partial charge in [-0.2, -0.15) is 0 Å². The fourth-order valence-electron chi connectivity index (χ4n) is 2.43. The molecule has 1 unspecified atom stereocenters. The fourth-order valence-corrected chi connectivity index (χ4v) is 2.67. The SMILES string of the molecule is NCC1Cc2cc(Cl)cc(-c3ccc(F)cc3F)c2O1. The molecule has 1 aliphatic rings. The van der Waals surface area contributed by atoms with E-state index in [2.05, 4.69) is 0 Å². The van der Waals surface area contributed by atoms with Gasteiger partial charge in [-0.1, -0.05) is 11.6 Å². The molecule has 5 heteroatoms. The lowest BCUT2D eigenvalue weighted by atomic mass is 10.00. The summed E-state index contributed by atoms with van der Waals surface area (Å²) in [6.07, 6.45) is 0.507. The molecule has 2 N–H and O–H groups in total. The number of rotatable bonds is 2. The molecule has 0 fully saturated rings. The van der Waals surface area contributed by atoms with Gasteiger partial charge in [-0.25, -0.2) is 8.78 Å². The van der Waals surface area contributed by atoms with E-state index >= 15 is 0 Å². The van der Waals surface area contributed by atoms with E-state index in [-0.39, 0.29) is 11.7 Å². The Morgan fingerprint density at radius 1 is 1.20 bits per heavy atom. The van der Waals surface area contributed by atoms with E-state index in [9.17, 15) is 8.78 Å². The maximum Gasteiger partial charge on any atom is 0.134 e. The lowest BCUT2D eigenvalue weighted by Crippen LogP contribution is -2.24. The quantitative estimate of drug-likeness (QED) is 0.919. The van der Waals surface area contributed by atoms with Crippen molar-refractivity contribution in [2.24, 2.45) is 5.73 Å². The first kappa shape index (κ1) is 13.3. The predicted octanol–water partition coefficient (Wildman–Crippen LogP) is 3.55. The van der Waals surface area contributed by atoms with Gasteiger partial charge in [0, 0.05) is 35.2 Å². The van der Waals surface area contributed by atoms with Gasteiger partial charge in [0.1, 0.15) is 23.5 Å². The van der Waals surface area contributed by atoms with E-state index in [0.717, 1.165) is 11.6 Å². The standard InChI is InChI=1S/C15H12ClF2NO/c16-9-3-8-4-11(7-19)20-15(8)13(5-9)12-2-1-10(17)6-14(12)18/h1-3,5-6,11H,4,7,19H2. The molecule has 0 radical (unpaired) electrons. The van der Waals surface area contributed by atoms with Crippen molar-refractivity contribution in [3.63, 3.8) is 0 Å². The van der Waals surface area contributed by atoms with E-state index in [0.29, 0.717) is 29.3 Å². The third-order valence-electron chi connectivity index (χ3n) is 3.35. The normalized spacial score (nSPS) is 16.9. The van der Waals surface area contributed by atoms with Gasteiger partial charge in [-0.05, 0) is 29.8 Å². The van der Waals surface area contributed by atoms with Crippen molar-refractivity contribution < 1.29 is 13.5 Å². The van der Waals surface area contributed by atoms with Gasteiger partial charge in [-0.3, -0.25) is 0 Å². The van der Waals surface area contributed by atoms with E-state index in [1.807, 2.05) is 0 Å². The van der Waals surface area contributed by atoms with Crippen LogP contribution in [0.25, 0.3) is 11.1 Å². The molecule has 0 spiro atoms. The van der Waals surface area contributed by atoms with Crippen molar-refractivity contribution >= 4 is 11.6 Å². The Bertz CT molecular complexity index is 675. The molecule has 1 aliphatic heterocycles. The number of benzene rings is 2. The summed E-state index contributed by atoms with van der Waals surface area (Å²) >= 11 is 6.07. The average molecular weight is 296 g/mol. The molecule has 2 nitrogen and oxygen atoms in total. The first-order valence-electron chi connectivity index (χ1n) is 6.23. The van der Waals surface area contributed by atoms with Gasteiger partial charge >= 0.3 is 0 Å². The van der Waals surface area contributed by atoms with Crippen molar-refractivity contribution in [2.75, 3.05) is 6.54 Å². The van der Waals surface area contributed by atoms with Crippen LogP contribution in [-0.4, -0.2) is 12.6 Å². The van der Waals surface area contributed by atoms with Gasteiger partial charge in [0.15, 0.2) is 0 Å². The highest BCUT2D eigenvalue weighted by Gasteiger charge is 2.26. The number of hydrogen-bond donors (Lipinski definition) is 1. The van der Waals surface area contributed by atoms with Crippen LogP contribution in [0.2, 0.25) is 5.02 Å². The van der Waals surface area contributed by atoms with Crippen LogP contribution in [0.15, 0.2) is 30.3 Å². The number of ether oxygens (including phenoxy) is 1. The van der Waals surface area contributed by atoms with Crippen LogP contribution < -0.4 is 10.5 Å². The van der Waals surface area contributed by atoms with Gasteiger partial charge in [0.05, 0.1) is 0 Å². The molecule has 1 atom stereocenters. The highest BCUT2D eigenvalue weighted by molar-refractivity contribution is 6.31. The lowest BCUT2D eigenvalue weighted by Gasteiger charge is -2.12. The minimum atomic E-state index is -0.644. The fraction of sp³-hybridized carbons (Fsp3) is 0.200. The summed E-state index contributed by atoms with van der Waals surface area (Å²) < 4.78 is 32.7. The molecule has 0 aromatic heterocycles. The number of hydrogen-bond acceptors (Lipinski definition) is 2. The van der Waals surface area contributed by atoms with Gasteiger partial charge in [-0.15, -0.1) is 0 Å². The van der Waals surface area contributed by atoms with Crippen molar-refractivity contribution in [1.29, 1.82) is 0 Å². The molecule has 0 saturated heterocycles. The highest BCUT2D eigenvalue weighted by Crippen LogP contribution is 2.41.